The van der Waals surface area contributed by atoms with E-state index < -0.39 is 0 Å². The van der Waals surface area contributed by atoms with Crippen molar-refractivity contribution in [2.45, 2.75) is 13.0 Å². The van der Waals surface area contributed by atoms with Crippen LogP contribution < -0.4 is 0 Å². The lowest BCUT2D eigenvalue weighted by molar-refractivity contribution is 0.595. The van der Waals surface area contributed by atoms with Crippen LogP contribution in [0.15, 0.2) is 42.5 Å². The Hall–Kier alpha value is -1.21. The lowest BCUT2D eigenvalue weighted by Gasteiger charge is -2.06. The molecule has 2 aromatic carbocycles. The fourth-order valence-electron chi connectivity index (χ4n) is 2.29. The summed E-state index contributed by atoms with van der Waals surface area (Å²) in [6, 6.07) is 13.0. The summed E-state index contributed by atoms with van der Waals surface area (Å²) in [6.07, 6.45) is 0.625. The van der Waals surface area contributed by atoms with Crippen molar-refractivity contribution in [1.82, 2.24) is 9.55 Å². The normalized spacial score (nSPS) is 11.1. The first kappa shape index (κ1) is 13.8. The van der Waals surface area contributed by atoms with Crippen LogP contribution in [-0.2, 0) is 13.0 Å². The highest BCUT2D eigenvalue weighted by Gasteiger charge is 2.06. The maximum absolute atomic E-state index is 13.6. The molecule has 0 spiro atoms. The van der Waals surface area contributed by atoms with Crippen molar-refractivity contribution >= 4 is 45.8 Å². The molecular formula is C15H12FIN2S. The number of imidazole rings is 1. The number of fused-ring (bicyclic) bond motifs is 1. The van der Waals surface area contributed by atoms with Gasteiger partial charge in [0.1, 0.15) is 5.82 Å². The Labute approximate surface area is 134 Å². The highest BCUT2D eigenvalue weighted by Crippen LogP contribution is 2.18. The topological polar surface area (TPSA) is 20.7 Å². The maximum Gasteiger partial charge on any atom is 0.178 e. The van der Waals surface area contributed by atoms with Gasteiger partial charge in [-0.1, -0.05) is 18.2 Å². The van der Waals surface area contributed by atoms with Crippen molar-refractivity contribution < 1.29 is 4.39 Å². The zero-order valence-electron chi connectivity index (χ0n) is 10.6. The van der Waals surface area contributed by atoms with E-state index in [0.717, 1.165) is 14.6 Å². The molecule has 0 radical (unpaired) electrons. The second-order valence-electron chi connectivity index (χ2n) is 4.58. The molecule has 0 saturated heterocycles. The average Bonchev–Trinajstić information content (AvgIpc) is 2.73. The van der Waals surface area contributed by atoms with Crippen molar-refractivity contribution in [3.8, 4) is 0 Å². The first-order chi connectivity index (χ1) is 9.65. The van der Waals surface area contributed by atoms with E-state index in [4.69, 9.17) is 12.2 Å². The van der Waals surface area contributed by atoms with Crippen molar-refractivity contribution in [2.24, 2.45) is 0 Å². The molecule has 2 nitrogen and oxygen atoms in total. The molecule has 0 atom stereocenters. The van der Waals surface area contributed by atoms with E-state index in [-0.39, 0.29) is 5.82 Å². The molecule has 0 unspecified atom stereocenters. The Balaban J connectivity index is 1.94. The van der Waals surface area contributed by atoms with E-state index in [0.29, 0.717) is 23.3 Å². The number of nitrogens with one attached hydrogen (secondary N) is 1. The van der Waals surface area contributed by atoms with Gasteiger partial charge in [0.15, 0.2) is 4.77 Å². The minimum absolute atomic E-state index is 0.159. The van der Waals surface area contributed by atoms with Crippen LogP contribution in [0, 0.1) is 14.2 Å². The third-order valence-electron chi connectivity index (χ3n) is 3.30. The van der Waals surface area contributed by atoms with Gasteiger partial charge < -0.3 is 9.55 Å². The first-order valence-corrected chi connectivity index (χ1v) is 7.75. The summed E-state index contributed by atoms with van der Waals surface area (Å²) in [5.74, 6) is -0.159. The molecule has 3 aromatic rings. The molecule has 1 N–H and O–H groups in total. The molecule has 0 aliphatic heterocycles. The Morgan fingerprint density at radius 1 is 1.20 bits per heavy atom. The van der Waals surface area contributed by atoms with Gasteiger partial charge in [-0.3, -0.25) is 0 Å². The molecule has 3 rings (SSSR count). The molecule has 5 heteroatoms. The van der Waals surface area contributed by atoms with E-state index >= 15 is 0 Å². The van der Waals surface area contributed by atoms with Crippen LogP contribution >= 0.6 is 34.8 Å². The number of nitrogens with zero attached hydrogens (tertiary/aromatic N) is 1. The molecule has 0 fully saturated rings. The quantitative estimate of drug-likeness (QED) is 0.502. The number of halogens is 2. The van der Waals surface area contributed by atoms with Crippen LogP contribution in [0.3, 0.4) is 0 Å². The second kappa shape index (κ2) is 5.65. The zero-order chi connectivity index (χ0) is 14.1. The molecule has 102 valence electrons. The molecule has 0 aliphatic rings. The number of benzene rings is 2. The summed E-state index contributed by atoms with van der Waals surface area (Å²) in [4.78, 5) is 3.20. The molecule has 0 bridgehead atoms. The molecule has 0 saturated carbocycles. The summed E-state index contributed by atoms with van der Waals surface area (Å²) in [5.41, 5.74) is 2.80. The zero-order valence-corrected chi connectivity index (χ0v) is 13.5. The van der Waals surface area contributed by atoms with Crippen molar-refractivity contribution in [2.75, 3.05) is 0 Å². The van der Waals surface area contributed by atoms with Gasteiger partial charge in [-0.2, -0.15) is 0 Å². The first-order valence-electron chi connectivity index (χ1n) is 6.26. The van der Waals surface area contributed by atoms with Gasteiger partial charge in [0.05, 0.1) is 11.0 Å². The standard InChI is InChI=1S/C15H12FIN2S/c16-12-4-2-1-3-10(12)7-8-19-14-6-5-11(17)9-13(14)18-15(19)20/h1-6,9H,7-8H2,(H,18,20). The lowest BCUT2D eigenvalue weighted by atomic mass is 10.1. The Bertz CT molecular complexity index is 822. The summed E-state index contributed by atoms with van der Waals surface area (Å²) in [5, 5.41) is 0. The minimum atomic E-state index is -0.159. The van der Waals surface area contributed by atoms with Gasteiger partial charge in [0.25, 0.3) is 0 Å². The van der Waals surface area contributed by atoms with E-state index in [1.165, 1.54) is 6.07 Å². The van der Waals surface area contributed by atoms with Crippen LogP contribution in [0.2, 0.25) is 0 Å². The molecule has 20 heavy (non-hydrogen) atoms. The van der Waals surface area contributed by atoms with E-state index in [1.807, 2.05) is 28.8 Å². The Morgan fingerprint density at radius 3 is 2.80 bits per heavy atom. The van der Waals surface area contributed by atoms with Crippen LogP contribution in [0.25, 0.3) is 11.0 Å². The van der Waals surface area contributed by atoms with Crippen molar-refractivity contribution in [3.63, 3.8) is 0 Å². The van der Waals surface area contributed by atoms with Gasteiger partial charge >= 0.3 is 0 Å². The fourth-order valence-corrected chi connectivity index (χ4v) is 3.08. The lowest BCUT2D eigenvalue weighted by Crippen LogP contribution is -2.02. The predicted octanol–water partition coefficient (Wildman–Crippen LogP) is 4.69. The summed E-state index contributed by atoms with van der Waals surface area (Å²) < 4.78 is 17.5. The third-order valence-corrected chi connectivity index (χ3v) is 4.29. The van der Waals surface area contributed by atoms with Crippen LogP contribution in [-0.4, -0.2) is 9.55 Å². The average molecular weight is 398 g/mol. The Morgan fingerprint density at radius 2 is 2.00 bits per heavy atom. The van der Waals surface area contributed by atoms with Gasteiger partial charge in [0, 0.05) is 10.1 Å². The number of aryl methyl sites for hydroxylation is 2. The number of H-pyrrole nitrogens is 1. The molecular weight excluding hydrogens is 386 g/mol. The maximum atomic E-state index is 13.6. The molecule has 0 aliphatic carbocycles. The van der Waals surface area contributed by atoms with Gasteiger partial charge in [-0.15, -0.1) is 0 Å². The number of hydrogen-bond donors (Lipinski definition) is 1. The SMILES string of the molecule is Fc1ccccc1CCn1c(=S)[nH]c2cc(I)ccc21. The largest absolute Gasteiger partial charge is 0.331 e. The summed E-state index contributed by atoms with van der Waals surface area (Å²) in [6.45, 7) is 0.667. The van der Waals surface area contributed by atoms with Gasteiger partial charge in [0.2, 0.25) is 0 Å². The predicted molar refractivity (Wildman–Crippen MR) is 89.9 cm³/mol. The fraction of sp³-hybridized carbons (Fsp3) is 0.133. The van der Waals surface area contributed by atoms with Crippen LogP contribution in [0.5, 0.6) is 0 Å². The highest BCUT2D eigenvalue weighted by molar-refractivity contribution is 14.1. The van der Waals surface area contributed by atoms with Crippen molar-refractivity contribution in [1.29, 1.82) is 0 Å². The monoisotopic (exact) mass is 398 g/mol. The molecule has 1 aromatic heterocycles. The van der Waals surface area contributed by atoms with E-state index in [2.05, 4.69) is 33.6 Å². The van der Waals surface area contributed by atoms with Crippen LogP contribution in [0.1, 0.15) is 5.56 Å². The number of aromatic amines is 1. The number of rotatable bonds is 3. The van der Waals surface area contributed by atoms with Gasteiger partial charge in [-0.25, -0.2) is 4.39 Å². The smallest absolute Gasteiger partial charge is 0.178 e. The summed E-state index contributed by atoms with van der Waals surface area (Å²) >= 11 is 7.63. The Kier molecular flexibility index (Phi) is 3.89. The van der Waals surface area contributed by atoms with Gasteiger partial charge in [-0.05, 0) is 71.1 Å². The second-order valence-corrected chi connectivity index (χ2v) is 6.22. The summed E-state index contributed by atoms with van der Waals surface area (Å²) in [7, 11) is 0. The number of hydrogen-bond acceptors (Lipinski definition) is 1. The van der Waals surface area contributed by atoms with E-state index in [1.54, 1.807) is 6.07 Å². The third kappa shape index (κ3) is 2.64. The molecule has 0 amide bonds. The highest BCUT2D eigenvalue weighted by atomic mass is 127. The van der Waals surface area contributed by atoms with Crippen molar-refractivity contribution in [3.05, 3.63) is 62.2 Å². The number of aromatic nitrogens is 2. The van der Waals surface area contributed by atoms with E-state index in [9.17, 15) is 4.39 Å². The molecule has 1 heterocycles. The van der Waals surface area contributed by atoms with Crippen LogP contribution in [0.4, 0.5) is 4.39 Å². The minimum Gasteiger partial charge on any atom is -0.331 e.